The maximum absolute atomic E-state index is 12.1. The molecule has 0 aliphatic carbocycles. The highest BCUT2D eigenvalue weighted by Gasteiger charge is 2.11. The van der Waals surface area contributed by atoms with Gasteiger partial charge in [-0.1, -0.05) is 36.4 Å². The number of sulfone groups is 1. The first-order chi connectivity index (χ1) is 13.8. The molecule has 3 rings (SSSR count). The molecule has 0 aliphatic rings. The molecule has 0 aliphatic heterocycles. The van der Waals surface area contributed by atoms with Crippen molar-refractivity contribution in [2.75, 3.05) is 12.8 Å². The second kappa shape index (κ2) is 9.07. The zero-order valence-corrected chi connectivity index (χ0v) is 16.9. The van der Waals surface area contributed by atoms with Crippen LogP contribution in [0.1, 0.15) is 23.7 Å². The molecule has 0 fully saturated rings. The van der Waals surface area contributed by atoms with Gasteiger partial charge in [-0.15, -0.1) is 0 Å². The monoisotopic (exact) mass is 413 g/mol. The van der Waals surface area contributed by atoms with Crippen molar-refractivity contribution in [3.63, 3.8) is 0 Å². The number of amides is 1. The van der Waals surface area contributed by atoms with E-state index >= 15 is 0 Å². The number of aryl methyl sites for hydroxylation is 1. The van der Waals surface area contributed by atoms with Crippen LogP contribution in [-0.2, 0) is 21.1 Å². The molecule has 1 heterocycles. The molecular weight excluding hydrogens is 390 g/mol. The van der Waals surface area contributed by atoms with Gasteiger partial charge in [-0.25, -0.2) is 8.42 Å². The summed E-state index contributed by atoms with van der Waals surface area (Å²) in [5, 5.41) is 13.0. The maximum Gasteiger partial charge on any atom is 0.220 e. The van der Waals surface area contributed by atoms with Crippen LogP contribution in [0.15, 0.2) is 76.2 Å². The molecule has 0 bridgehead atoms. The third-order valence-electron chi connectivity index (χ3n) is 4.59. The minimum atomic E-state index is -3.22. The van der Waals surface area contributed by atoms with Crippen molar-refractivity contribution in [1.82, 2.24) is 5.32 Å². The number of aliphatic hydroxyl groups is 1. The fourth-order valence-electron chi connectivity index (χ4n) is 2.89. The highest BCUT2D eigenvalue weighted by molar-refractivity contribution is 7.90. The smallest absolute Gasteiger partial charge is 0.220 e. The van der Waals surface area contributed by atoms with Crippen LogP contribution in [0.3, 0.4) is 0 Å². The zero-order valence-electron chi connectivity index (χ0n) is 16.0. The van der Waals surface area contributed by atoms with Crippen LogP contribution in [-0.4, -0.2) is 32.2 Å². The summed E-state index contributed by atoms with van der Waals surface area (Å²) in [7, 11) is -3.22. The molecule has 7 heteroatoms. The Bertz CT molecular complexity index is 1040. The van der Waals surface area contributed by atoms with Crippen molar-refractivity contribution >= 4 is 15.7 Å². The molecule has 1 aromatic heterocycles. The number of rotatable bonds is 8. The van der Waals surface area contributed by atoms with Gasteiger partial charge in [-0.2, -0.15) is 0 Å². The van der Waals surface area contributed by atoms with E-state index in [0.717, 1.165) is 23.1 Å². The highest BCUT2D eigenvalue weighted by atomic mass is 32.2. The van der Waals surface area contributed by atoms with E-state index in [9.17, 15) is 18.3 Å². The van der Waals surface area contributed by atoms with Gasteiger partial charge in [-0.05, 0) is 41.8 Å². The van der Waals surface area contributed by atoms with E-state index in [4.69, 9.17) is 4.42 Å². The molecule has 0 radical (unpaired) electrons. The van der Waals surface area contributed by atoms with Gasteiger partial charge in [-0.3, -0.25) is 4.79 Å². The first-order valence-electron chi connectivity index (χ1n) is 9.20. The third kappa shape index (κ3) is 5.79. The molecule has 152 valence electrons. The lowest BCUT2D eigenvalue weighted by Gasteiger charge is -2.13. The molecule has 0 saturated carbocycles. The van der Waals surface area contributed by atoms with Gasteiger partial charge in [0, 0.05) is 24.8 Å². The van der Waals surface area contributed by atoms with Crippen molar-refractivity contribution in [3.8, 4) is 11.3 Å². The van der Waals surface area contributed by atoms with Gasteiger partial charge in [0.15, 0.2) is 9.84 Å². The fourth-order valence-corrected chi connectivity index (χ4v) is 3.52. The molecule has 0 spiro atoms. The van der Waals surface area contributed by atoms with Crippen molar-refractivity contribution in [2.45, 2.75) is 23.8 Å². The molecule has 3 aromatic rings. The normalized spacial score (nSPS) is 12.5. The minimum Gasteiger partial charge on any atom is -0.464 e. The van der Waals surface area contributed by atoms with Crippen LogP contribution >= 0.6 is 0 Å². The molecule has 1 atom stereocenters. The lowest BCUT2D eigenvalue weighted by Crippen LogP contribution is -2.28. The molecule has 2 N–H and O–H groups in total. The Hall–Kier alpha value is -2.90. The average Bonchev–Trinajstić information content (AvgIpc) is 3.25. The second-order valence-corrected chi connectivity index (χ2v) is 8.85. The molecule has 1 amide bonds. The van der Waals surface area contributed by atoms with Crippen LogP contribution < -0.4 is 5.32 Å². The number of hydrogen-bond acceptors (Lipinski definition) is 5. The molecule has 6 nitrogen and oxygen atoms in total. The fraction of sp³-hybridized carbons (Fsp3) is 0.227. The summed E-state index contributed by atoms with van der Waals surface area (Å²) in [6, 6.07) is 17.5. The van der Waals surface area contributed by atoms with Crippen molar-refractivity contribution in [3.05, 3.63) is 78.1 Å². The Morgan fingerprint density at radius 2 is 1.76 bits per heavy atom. The Kier molecular flexibility index (Phi) is 6.51. The summed E-state index contributed by atoms with van der Waals surface area (Å²) in [5.41, 5.74) is 2.50. The van der Waals surface area contributed by atoms with Crippen LogP contribution in [0.4, 0.5) is 0 Å². The van der Waals surface area contributed by atoms with E-state index in [1.165, 1.54) is 0 Å². The van der Waals surface area contributed by atoms with Crippen molar-refractivity contribution in [2.24, 2.45) is 0 Å². The molecule has 0 saturated heterocycles. The summed E-state index contributed by atoms with van der Waals surface area (Å²) < 4.78 is 28.3. The van der Waals surface area contributed by atoms with Crippen molar-refractivity contribution < 1.29 is 22.7 Å². The Morgan fingerprint density at radius 3 is 2.34 bits per heavy atom. The predicted octanol–water partition coefficient (Wildman–Crippen LogP) is 3.13. The molecule has 29 heavy (non-hydrogen) atoms. The number of carbonyl (C=O) groups is 1. The highest BCUT2D eigenvalue weighted by Crippen LogP contribution is 2.22. The number of aliphatic hydroxyl groups excluding tert-OH is 1. The van der Waals surface area contributed by atoms with Crippen LogP contribution in [0.25, 0.3) is 11.3 Å². The first-order valence-corrected chi connectivity index (χ1v) is 11.1. The number of furan rings is 1. The molecule has 1 unspecified atom stereocenters. The number of nitrogens with one attached hydrogen (secondary N) is 1. The van der Waals surface area contributed by atoms with E-state index in [1.54, 1.807) is 42.7 Å². The van der Waals surface area contributed by atoms with Crippen molar-refractivity contribution in [1.29, 1.82) is 0 Å². The largest absolute Gasteiger partial charge is 0.464 e. The quantitative estimate of drug-likeness (QED) is 0.591. The van der Waals surface area contributed by atoms with Gasteiger partial charge in [0.2, 0.25) is 5.91 Å². The van der Waals surface area contributed by atoms with Gasteiger partial charge in [0.05, 0.1) is 17.3 Å². The Morgan fingerprint density at radius 1 is 1.07 bits per heavy atom. The first kappa shape index (κ1) is 20.8. The summed E-state index contributed by atoms with van der Waals surface area (Å²) in [6.45, 7) is 0.117. The van der Waals surface area contributed by atoms with E-state index < -0.39 is 15.9 Å². The topological polar surface area (TPSA) is 96.6 Å². The van der Waals surface area contributed by atoms with E-state index in [1.807, 2.05) is 24.3 Å². The maximum atomic E-state index is 12.1. The second-order valence-electron chi connectivity index (χ2n) is 6.84. The standard InChI is InChI=1S/C22H23NO5S/c1-29(26,27)19-11-4-16(5-12-19)6-13-22(25)23-15-20(24)17-7-9-18(10-8-17)21-3-2-14-28-21/h2-5,7-12,14,20,24H,6,13,15H2,1H3,(H,23,25). The summed E-state index contributed by atoms with van der Waals surface area (Å²) >= 11 is 0. The molecule has 2 aromatic carbocycles. The minimum absolute atomic E-state index is 0.117. The number of carbonyl (C=O) groups excluding carboxylic acids is 1. The Labute approximate surface area is 170 Å². The summed E-state index contributed by atoms with van der Waals surface area (Å²) in [6.07, 6.45) is 2.70. The van der Waals surface area contributed by atoms with Crippen LogP contribution in [0.2, 0.25) is 0 Å². The number of hydrogen-bond donors (Lipinski definition) is 2. The van der Waals surface area contributed by atoms with Crippen LogP contribution in [0.5, 0.6) is 0 Å². The Balaban J connectivity index is 1.46. The number of benzene rings is 2. The third-order valence-corrected chi connectivity index (χ3v) is 5.71. The van der Waals surface area contributed by atoms with E-state index in [-0.39, 0.29) is 23.8 Å². The molecular formula is C22H23NO5S. The zero-order chi connectivity index (χ0) is 20.9. The summed E-state index contributed by atoms with van der Waals surface area (Å²) in [4.78, 5) is 12.3. The van der Waals surface area contributed by atoms with Gasteiger partial charge >= 0.3 is 0 Å². The van der Waals surface area contributed by atoms with E-state index in [0.29, 0.717) is 12.0 Å². The van der Waals surface area contributed by atoms with Gasteiger partial charge in [0.25, 0.3) is 0 Å². The van der Waals surface area contributed by atoms with E-state index in [2.05, 4.69) is 5.32 Å². The lowest BCUT2D eigenvalue weighted by molar-refractivity contribution is -0.121. The van der Waals surface area contributed by atoms with Crippen LogP contribution in [0, 0.1) is 0 Å². The van der Waals surface area contributed by atoms with Gasteiger partial charge < -0.3 is 14.8 Å². The summed E-state index contributed by atoms with van der Waals surface area (Å²) in [5.74, 6) is 0.576. The SMILES string of the molecule is CS(=O)(=O)c1ccc(CCC(=O)NCC(O)c2ccc(-c3ccco3)cc2)cc1. The van der Waals surface area contributed by atoms with Gasteiger partial charge in [0.1, 0.15) is 5.76 Å². The predicted molar refractivity (Wildman–Crippen MR) is 110 cm³/mol. The lowest BCUT2D eigenvalue weighted by atomic mass is 10.1. The average molecular weight is 413 g/mol.